The molecule has 236 valence electrons. The molecule has 1 amide bonds. The molecule has 0 aliphatic carbocycles. The van der Waals surface area contributed by atoms with E-state index in [0.717, 1.165) is 44.9 Å². The van der Waals surface area contributed by atoms with E-state index < -0.39 is 18.2 Å². The Morgan fingerprint density at radius 3 is 1.52 bits per heavy atom. The number of carbonyl (C=O) groups is 1. The Labute approximate surface area is 248 Å². The summed E-state index contributed by atoms with van der Waals surface area (Å²) >= 11 is 0. The smallest absolute Gasteiger partial charge is 0.220 e. The molecule has 4 N–H and O–H groups in total. The van der Waals surface area contributed by atoms with Gasteiger partial charge in [0, 0.05) is 6.42 Å². The summed E-state index contributed by atoms with van der Waals surface area (Å²) in [6.07, 6.45) is 34.1. The molecule has 0 saturated heterocycles. The molecule has 0 aromatic rings. The van der Waals surface area contributed by atoms with Gasteiger partial charge in [0.15, 0.2) is 0 Å². The largest absolute Gasteiger partial charge is 0.394 e. The van der Waals surface area contributed by atoms with E-state index in [9.17, 15) is 20.1 Å². The normalized spacial score (nSPS) is 14.2. The van der Waals surface area contributed by atoms with Gasteiger partial charge in [-0.1, -0.05) is 134 Å². The molecule has 0 fully saturated rings. The third-order valence-electron chi connectivity index (χ3n) is 7.79. The van der Waals surface area contributed by atoms with Gasteiger partial charge in [-0.15, -0.1) is 0 Å². The van der Waals surface area contributed by atoms with Crippen LogP contribution in [0, 0.1) is 0 Å². The Hall–Kier alpha value is -1.17. The Bertz CT molecular complexity index is 592. The van der Waals surface area contributed by atoms with Gasteiger partial charge in [-0.25, -0.2) is 0 Å². The zero-order chi connectivity index (χ0) is 29.5. The highest BCUT2D eigenvalue weighted by atomic mass is 16.3. The molecule has 0 aliphatic heterocycles. The van der Waals surface area contributed by atoms with Crippen LogP contribution < -0.4 is 5.32 Å². The molecule has 3 atom stereocenters. The van der Waals surface area contributed by atoms with E-state index in [1.165, 1.54) is 96.3 Å². The van der Waals surface area contributed by atoms with Gasteiger partial charge in [-0.05, 0) is 51.4 Å². The average Bonchev–Trinajstić information content (AvgIpc) is 2.96. The zero-order valence-corrected chi connectivity index (χ0v) is 26.5. The second kappa shape index (κ2) is 30.8. The Balaban J connectivity index is 3.78. The standard InChI is InChI=1S/C35H67NO4/c1-3-5-7-9-11-13-15-17-18-20-22-24-26-28-30-34(39)36-32(31-37)35(40)33(38)29-27-25-23-21-19-16-14-12-10-8-6-4-2/h12,14,21,23,32-33,35,37-38,40H,3-11,13,15-20,22,24-31H2,1-2H3,(H,36,39)/b14-12+,23-21+. The molecule has 0 radical (unpaired) electrons. The van der Waals surface area contributed by atoms with Crippen molar-refractivity contribution in [2.75, 3.05) is 6.61 Å². The second-order valence-corrected chi connectivity index (χ2v) is 11.7. The van der Waals surface area contributed by atoms with Crippen LogP contribution in [0.1, 0.15) is 168 Å². The monoisotopic (exact) mass is 566 g/mol. The van der Waals surface area contributed by atoms with Crippen LogP contribution in [0.2, 0.25) is 0 Å². The molecule has 0 aliphatic rings. The summed E-state index contributed by atoms with van der Waals surface area (Å²) in [7, 11) is 0. The lowest BCUT2D eigenvalue weighted by Crippen LogP contribution is -2.50. The number of unbranched alkanes of at least 4 members (excludes halogenated alkanes) is 18. The summed E-state index contributed by atoms with van der Waals surface area (Å²) in [6, 6.07) is -0.825. The lowest BCUT2D eigenvalue weighted by atomic mass is 10.0. The van der Waals surface area contributed by atoms with E-state index in [1.54, 1.807) is 0 Å². The molecule has 40 heavy (non-hydrogen) atoms. The topological polar surface area (TPSA) is 89.8 Å². The first-order valence-corrected chi connectivity index (χ1v) is 17.1. The van der Waals surface area contributed by atoms with Gasteiger partial charge in [0.05, 0.1) is 18.8 Å². The Morgan fingerprint density at radius 1 is 0.600 bits per heavy atom. The number of allylic oxidation sites excluding steroid dienone is 4. The first-order chi connectivity index (χ1) is 19.6. The predicted molar refractivity (Wildman–Crippen MR) is 171 cm³/mol. The van der Waals surface area contributed by atoms with Crippen molar-refractivity contribution in [1.29, 1.82) is 0 Å². The number of aliphatic hydroxyl groups is 3. The van der Waals surface area contributed by atoms with Gasteiger partial charge < -0.3 is 20.6 Å². The minimum Gasteiger partial charge on any atom is -0.394 e. The maximum Gasteiger partial charge on any atom is 0.220 e. The highest BCUT2D eigenvalue weighted by Gasteiger charge is 2.26. The highest BCUT2D eigenvalue weighted by molar-refractivity contribution is 5.76. The van der Waals surface area contributed by atoms with Gasteiger partial charge in [-0.2, -0.15) is 0 Å². The van der Waals surface area contributed by atoms with Gasteiger partial charge in [0.1, 0.15) is 6.10 Å². The van der Waals surface area contributed by atoms with Gasteiger partial charge in [0.2, 0.25) is 5.91 Å². The second-order valence-electron chi connectivity index (χ2n) is 11.7. The van der Waals surface area contributed by atoms with Crippen LogP contribution in [-0.4, -0.2) is 46.1 Å². The highest BCUT2D eigenvalue weighted by Crippen LogP contribution is 2.14. The molecule has 0 heterocycles. The number of amides is 1. The van der Waals surface area contributed by atoms with E-state index in [0.29, 0.717) is 12.8 Å². The zero-order valence-electron chi connectivity index (χ0n) is 26.5. The molecule has 5 nitrogen and oxygen atoms in total. The molecule has 5 heteroatoms. The van der Waals surface area contributed by atoms with E-state index >= 15 is 0 Å². The minimum absolute atomic E-state index is 0.161. The van der Waals surface area contributed by atoms with E-state index in [4.69, 9.17) is 0 Å². The number of hydrogen-bond acceptors (Lipinski definition) is 4. The first kappa shape index (κ1) is 38.8. The molecule has 0 spiro atoms. The predicted octanol–water partition coefficient (Wildman–Crippen LogP) is 8.70. The maximum absolute atomic E-state index is 12.3. The fraction of sp³-hybridized carbons (Fsp3) is 0.857. The Morgan fingerprint density at radius 2 is 1.02 bits per heavy atom. The maximum atomic E-state index is 12.3. The lowest BCUT2D eigenvalue weighted by Gasteiger charge is -2.26. The van der Waals surface area contributed by atoms with E-state index in [-0.39, 0.29) is 12.5 Å². The number of hydrogen-bond donors (Lipinski definition) is 4. The molecule has 0 aromatic carbocycles. The van der Waals surface area contributed by atoms with Crippen molar-refractivity contribution in [2.24, 2.45) is 0 Å². The van der Waals surface area contributed by atoms with Crippen LogP contribution in [-0.2, 0) is 4.79 Å². The van der Waals surface area contributed by atoms with Crippen molar-refractivity contribution in [3.63, 3.8) is 0 Å². The number of nitrogens with one attached hydrogen (secondary N) is 1. The summed E-state index contributed by atoms with van der Waals surface area (Å²) in [5, 5.41) is 33.2. The fourth-order valence-electron chi connectivity index (χ4n) is 5.06. The van der Waals surface area contributed by atoms with Crippen molar-refractivity contribution in [1.82, 2.24) is 5.32 Å². The van der Waals surface area contributed by atoms with Crippen LogP contribution in [0.25, 0.3) is 0 Å². The molecule has 3 unspecified atom stereocenters. The quantitative estimate of drug-likeness (QED) is 0.0518. The van der Waals surface area contributed by atoms with Crippen molar-refractivity contribution >= 4 is 5.91 Å². The number of aliphatic hydroxyl groups excluding tert-OH is 3. The molecule has 0 aromatic heterocycles. The summed E-state index contributed by atoms with van der Waals surface area (Å²) in [6.45, 7) is 4.10. The summed E-state index contributed by atoms with van der Waals surface area (Å²) in [4.78, 5) is 12.3. The van der Waals surface area contributed by atoms with Crippen molar-refractivity contribution in [3.8, 4) is 0 Å². The van der Waals surface area contributed by atoms with Gasteiger partial charge >= 0.3 is 0 Å². The van der Waals surface area contributed by atoms with Crippen LogP contribution in [0.5, 0.6) is 0 Å². The van der Waals surface area contributed by atoms with Crippen molar-refractivity contribution in [2.45, 2.75) is 186 Å². The van der Waals surface area contributed by atoms with E-state index in [2.05, 4.69) is 43.5 Å². The summed E-state index contributed by atoms with van der Waals surface area (Å²) in [5.41, 5.74) is 0. The fourth-order valence-corrected chi connectivity index (χ4v) is 5.06. The molecular weight excluding hydrogens is 498 g/mol. The Kier molecular flexibility index (Phi) is 29.9. The number of rotatable bonds is 30. The molecule has 0 rings (SSSR count). The van der Waals surface area contributed by atoms with Crippen LogP contribution in [0.3, 0.4) is 0 Å². The molecule has 0 bridgehead atoms. The van der Waals surface area contributed by atoms with E-state index in [1.807, 2.05) is 0 Å². The van der Waals surface area contributed by atoms with Crippen LogP contribution in [0.4, 0.5) is 0 Å². The molecule has 0 saturated carbocycles. The lowest BCUT2D eigenvalue weighted by molar-refractivity contribution is -0.124. The summed E-state index contributed by atoms with van der Waals surface area (Å²) in [5.74, 6) is -0.161. The SMILES string of the molecule is CCCCC/C=C/CC/C=C/CCCC(O)C(O)C(CO)NC(=O)CCCCCCCCCCCCCCCC. The molecular formula is C35H67NO4. The summed E-state index contributed by atoms with van der Waals surface area (Å²) < 4.78 is 0. The van der Waals surface area contributed by atoms with Crippen LogP contribution in [0.15, 0.2) is 24.3 Å². The number of carbonyl (C=O) groups excluding carboxylic acids is 1. The van der Waals surface area contributed by atoms with Gasteiger partial charge in [-0.3, -0.25) is 4.79 Å². The van der Waals surface area contributed by atoms with Crippen molar-refractivity contribution in [3.05, 3.63) is 24.3 Å². The third kappa shape index (κ3) is 25.8. The minimum atomic E-state index is -1.16. The van der Waals surface area contributed by atoms with Gasteiger partial charge in [0.25, 0.3) is 0 Å². The third-order valence-corrected chi connectivity index (χ3v) is 7.79. The van der Waals surface area contributed by atoms with Crippen molar-refractivity contribution < 1.29 is 20.1 Å². The van der Waals surface area contributed by atoms with Crippen LogP contribution >= 0.6 is 0 Å². The average molecular weight is 566 g/mol. The first-order valence-electron chi connectivity index (χ1n) is 17.1.